The number of nitrogens with zero attached hydrogens (tertiary/aromatic N) is 1. The third-order valence-electron chi connectivity index (χ3n) is 11.2. The van der Waals surface area contributed by atoms with Gasteiger partial charge in [-0.1, -0.05) is 196 Å². The fourth-order valence-corrected chi connectivity index (χ4v) is 11.0. The smallest absolute Gasteiger partial charge is 0.329 e. The van der Waals surface area contributed by atoms with Crippen LogP contribution >= 0.6 is 23.5 Å². The molecule has 0 saturated heterocycles. The molecule has 0 heterocycles. The van der Waals surface area contributed by atoms with Crippen LogP contribution in [0.4, 0.5) is 0 Å². The van der Waals surface area contributed by atoms with Crippen LogP contribution in [0.25, 0.3) is 0 Å². The minimum atomic E-state index is -0.887. The lowest BCUT2D eigenvalue weighted by atomic mass is 9.84. The highest BCUT2D eigenvalue weighted by Gasteiger charge is 2.40. The van der Waals surface area contributed by atoms with Crippen LogP contribution in [0.3, 0.4) is 0 Å². The van der Waals surface area contributed by atoms with Gasteiger partial charge in [0.25, 0.3) is 0 Å². The van der Waals surface area contributed by atoms with Crippen LogP contribution in [0.1, 0.15) is 60.6 Å². The van der Waals surface area contributed by atoms with Crippen molar-refractivity contribution in [2.24, 2.45) is 0 Å². The molecule has 316 valence electrons. The van der Waals surface area contributed by atoms with E-state index in [0.29, 0.717) is 13.0 Å². The Morgan fingerprint density at radius 1 is 0.541 bits per heavy atom. The van der Waals surface area contributed by atoms with Gasteiger partial charge in [-0.25, -0.2) is 4.79 Å². The van der Waals surface area contributed by atoms with Gasteiger partial charge in [-0.3, -0.25) is 4.79 Å². The molecule has 6 rings (SSSR count). The number of nitrogens with one attached hydrogen (secondary N) is 2. The minimum Gasteiger partial charge on any atom is -0.464 e. The summed E-state index contributed by atoms with van der Waals surface area (Å²) in [5, 5.41) is 6.86. The maximum atomic E-state index is 14.6. The third-order valence-corrected chi connectivity index (χ3v) is 14.4. The number of carbonyl (C=O) groups excluding carboxylic acids is 2. The van der Waals surface area contributed by atoms with Crippen molar-refractivity contribution in [1.82, 2.24) is 15.5 Å². The van der Waals surface area contributed by atoms with Crippen molar-refractivity contribution >= 4 is 35.4 Å². The molecule has 6 aromatic rings. The third kappa shape index (κ3) is 11.2. The average Bonchev–Trinajstić information content (AvgIpc) is 3.33. The van der Waals surface area contributed by atoms with E-state index in [1.807, 2.05) is 30.0 Å². The van der Waals surface area contributed by atoms with Crippen LogP contribution in [0.2, 0.25) is 0 Å². The van der Waals surface area contributed by atoms with Gasteiger partial charge in [-0.2, -0.15) is 0 Å². The van der Waals surface area contributed by atoms with E-state index in [4.69, 9.17) is 4.74 Å². The number of ether oxygens (including phenoxy) is 1. The normalized spacial score (nSPS) is 12.7. The van der Waals surface area contributed by atoms with Crippen LogP contribution in [0.15, 0.2) is 182 Å². The number of rotatable bonds is 23. The van der Waals surface area contributed by atoms with Crippen LogP contribution in [0.5, 0.6) is 0 Å². The van der Waals surface area contributed by atoms with Crippen molar-refractivity contribution in [3.8, 4) is 0 Å². The quantitative estimate of drug-likeness (QED) is 0.0378. The second kappa shape index (κ2) is 23.2. The minimum absolute atomic E-state index is 0.207. The summed E-state index contributed by atoms with van der Waals surface area (Å²) in [6.07, 6.45) is 0.587. The molecule has 6 aromatic carbocycles. The zero-order valence-electron chi connectivity index (χ0n) is 35.6. The molecular weight excluding hydrogens is 791 g/mol. The Hall–Kier alpha value is -5.12. The van der Waals surface area contributed by atoms with E-state index in [2.05, 4.69) is 193 Å². The van der Waals surface area contributed by atoms with Crippen LogP contribution < -0.4 is 10.6 Å². The van der Waals surface area contributed by atoms with Crippen molar-refractivity contribution in [3.05, 3.63) is 215 Å². The molecule has 0 fully saturated rings. The van der Waals surface area contributed by atoms with Crippen LogP contribution in [0, 0.1) is 0 Å². The number of hydrogen-bond acceptors (Lipinski definition) is 7. The van der Waals surface area contributed by atoms with Crippen molar-refractivity contribution in [1.29, 1.82) is 0 Å². The van der Waals surface area contributed by atoms with Gasteiger partial charge < -0.3 is 20.3 Å². The summed E-state index contributed by atoms with van der Waals surface area (Å²) < 4.78 is 4.52. The number of carbonyl (C=O) groups is 2. The first-order valence-corrected chi connectivity index (χ1v) is 23.5. The predicted molar refractivity (Wildman–Crippen MR) is 256 cm³/mol. The molecule has 0 spiro atoms. The topological polar surface area (TPSA) is 70.7 Å². The molecule has 6 nitrogen and oxygen atoms in total. The molecule has 0 saturated carbocycles. The monoisotopic (exact) mass is 849 g/mol. The largest absolute Gasteiger partial charge is 0.464 e. The Morgan fingerprint density at radius 2 is 0.902 bits per heavy atom. The Kier molecular flexibility index (Phi) is 17.3. The predicted octanol–water partition coefficient (Wildman–Crippen LogP) is 10.2. The number of amides is 1. The second-order valence-electron chi connectivity index (χ2n) is 14.9. The summed E-state index contributed by atoms with van der Waals surface area (Å²) in [7, 11) is 0. The van der Waals surface area contributed by atoms with E-state index in [1.54, 1.807) is 18.7 Å². The number of benzene rings is 6. The Morgan fingerprint density at radius 3 is 1.25 bits per heavy atom. The van der Waals surface area contributed by atoms with Crippen LogP contribution in [-0.4, -0.2) is 73.2 Å². The average molecular weight is 850 g/mol. The Labute approximate surface area is 371 Å². The van der Waals surface area contributed by atoms with E-state index in [1.165, 1.54) is 16.7 Å². The molecule has 2 unspecified atom stereocenters. The number of esters is 1. The number of thioether (sulfide) groups is 2. The molecule has 2 N–H and O–H groups in total. The highest BCUT2D eigenvalue weighted by atomic mass is 32.2. The molecule has 0 aliphatic heterocycles. The number of hydrogen-bond donors (Lipinski definition) is 2. The molecule has 61 heavy (non-hydrogen) atoms. The molecule has 8 heteroatoms. The molecule has 0 aromatic heterocycles. The van der Waals surface area contributed by atoms with Gasteiger partial charge >= 0.3 is 5.97 Å². The summed E-state index contributed by atoms with van der Waals surface area (Å²) >= 11 is 3.50. The van der Waals surface area contributed by atoms with Gasteiger partial charge in [0.15, 0.2) is 0 Å². The first kappa shape index (κ1) is 45.4. The molecule has 0 radical (unpaired) electrons. The second-order valence-corrected chi connectivity index (χ2v) is 17.4. The SMILES string of the molecule is CCOC(=O)C(CSC(c1ccccc1)(c1ccccc1)c1ccccc1)NC(=O)C(CCN(CC)CC)NCCSC(c1ccccc1)(c1ccccc1)c1ccccc1. The zero-order valence-corrected chi connectivity index (χ0v) is 37.3. The summed E-state index contributed by atoms with van der Waals surface area (Å²) in [5.41, 5.74) is 6.84. The van der Waals surface area contributed by atoms with E-state index < -0.39 is 27.5 Å². The van der Waals surface area contributed by atoms with Gasteiger partial charge in [0, 0.05) is 24.6 Å². The van der Waals surface area contributed by atoms with E-state index >= 15 is 0 Å². The summed E-state index contributed by atoms with van der Waals surface area (Å²) in [6, 6.07) is 61.8. The molecule has 0 aliphatic rings. The van der Waals surface area contributed by atoms with Gasteiger partial charge in [0.2, 0.25) is 5.91 Å². The summed E-state index contributed by atoms with van der Waals surface area (Å²) in [6.45, 7) is 9.39. The van der Waals surface area contributed by atoms with Gasteiger partial charge in [-0.05, 0) is 59.8 Å². The first-order valence-electron chi connectivity index (χ1n) is 21.5. The summed E-state index contributed by atoms with van der Waals surface area (Å²) in [4.78, 5) is 30.8. The highest BCUT2D eigenvalue weighted by molar-refractivity contribution is 8.01. The lowest BCUT2D eigenvalue weighted by Gasteiger charge is -2.36. The lowest BCUT2D eigenvalue weighted by Crippen LogP contribution is -2.53. The first-order chi connectivity index (χ1) is 30.0. The standard InChI is InChI=1S/C53H59N3O3S2/c1-4-56(5-2)39-37-48(54-38-40-60-52(42-25-13-7-14-26-42,43-27-15-8-16-28-43)44-29-17-9-18-30-44)50(57)55-49(51(58)59-6-3)41-61-53(45-31-19-10-20-32-45,46-33-21-11-22-34-46)47-35-23-12-24-36-47/h7-36,48-49,54H,4-6,37-41H2,1-3H3,(H,55,57). The van der Waals surface area contributed by atoms with Crippen molar-refractivity contribution in [3.63, 3.8) is 0 Å². The molecule has 2 atom stereocenters. The van der Waals surface area contributed by atoms with Crippen LogP contribution in [-0.2, 0) is 23.8 Å². The maximum absolute atomic E-state index is 14.6. The maximum Gasteiger partial charge on any atom is 0.329 e. The van der Waals surface area contributed by atoms with Gasteiger partial charge in [0.05, 0.1) is 22.1 Å². The fraction of sp³-hybridized carbons (Fsp3) is 0.283. The van der Waals surface area contributed by atoms with Gasteiger partial charge in [-0.15, -0.1) is 23.5 Å². The van der Waals surface area contributed by atoms with E-state index in [-0.39, 0.29) is 18.3 Å². The molecule has 0 aliphatic carbocycles. The Balaban J connectivity index is 1.27. The van der Waals surface area contributed by atoms with Crippen molar-refractivity contribution in [2.75, 3.05) is 44.3 Å². The van der Waals surface area contributed by atoms with E-state index in [9.17, 15) is 9.59 Å². The van der Waals surface area contributed by atoms with Gasteiger partial charge in [0.1, 0.15) is 6.04 Å². The molecule has 0 bridgehead atoms. The Bertz CT molecular complexity index is 1980. The molecule has 1 amide bonds. The fourth-order valence-electron chi connectivity index (χ4n) is 8.04. The lowest BCUT2D eigenvalue weighted by molar-refractivity contribution is -0.146. The summed E-state index contributed by atoms with van der Waals surface area (Å²) in [5.74, 6) is 0.359. The molecular formula is C53H59N3O3S2. The van der Waals surface area contributed by atoms with E-state index in [0.717, 1.165) is 42.1 Å². The highest BCUT2D eigenvalue weighted by Crippen LogP contribution is 2.49. The zero-order chi connectivity index (χ0) is 42.8. The van der Waals surface area contributed by atoms with Crippen molar-refractivity contribution in [2.45, 2.75) is 48.8 Å². The van der Waals surface area contributed by atoms with Crippen molar-refractivity contribution < 1.29 is 14.3 Å².